The molecule has 7 nitrogen and oxygen atoms in total. The van der Waals surface area contributed by atoms with Gasteiger partial charge in [-0.25, -0.2) is 13.7 Å². The third kappa shape index (κ3) is 6.40. The number of para-hydroxylation sites is 2. The van der Waals surface area contributed by atoms with Gasteiger partial charge in [0, 0.05) is 18.6 Å². The number of benzene rings is 2. The molecular weight excluding hydrogens is 476 g/mol. The van der Waals surface area contributed by atoms with Crippen LogP contribution in [0, 0.1) is 6.92 Å². The minimum Gasteiger partial charge on any atom is -0.390 e. The standard InChI is InChI=1S/C28H40N2O5S/c1-22-16-18-26(19-17-22)36(33,34)30(27-14-8-9-15-28(27)35-32)21-25(31)20-29(23-10-4-2-5-11-23)24-12-6-3-7-13-24/h8-9,14-19,23-25,31-32H,2-7,10-13,20-21H2,1H3. The van der Waals surface area contributed by atoms with Gasteiger partial charge in [0.1, 0.15) is 0 Å². The summed E-state index contributed by atoms with van der Waals surface area (Å²) in [5.74, 6) is 0.0248. The van der Waals surface area contributed by atoms with Crippen LogP contribution in [0.1, 0.15) is 69.8 Å². The molecule has 2 N–H and O–H groups in total. The van der Waals surface area contributed by atoms with Gasteiger partial charge in [-0.15, -0.1) is 0 Å². The van der Waals surface area contributed by atoms with Crippen LogP contribution < -0.4 is 9.19 Å². The minimum absolute atomic E-state index is 0.0248. The minimum atomic E-state index is -4.02. The van der Waals surface area contributed by atoms with Crippen molar-refractivity contribution >= 4 is 15.7 Å². The van der Waals surface area contributed by atoms with Gasteiger partial charge in [-0.2, -0.15) is 0 Å². The predicted octanol–water partition coefficient (Wildman–Crippen LogP) is 5.37. The number of hydrogen-bond acceptors (Lipinski definition) is 6. The molecule has 2 aliphatic carbocycles. The van der Waals surface area contributed by atoms with Gasteiger partial charge in [0.25, 0.3) is 10.0 Å². The van der Waals surface area contributed by atoms with Crippen molar-refractivity contribution in [3.05, 3.63) is 54.1 Å². The van der Waals surface area contributed by atoms with Crippen molar-refractivity contribution in [3.63, 3.8) is 0 Å². The van der Waals surface area contributed by atoms with Crippen LogP contribution in [0.3, 0.4) is 0 Å². The van der Waals surface area contributed by atoms with E-state index in [4.69, 9.17) is 0 Å². The monoisotopic (exact) mass is 516 g/mol. The number of aryl methyl sites for hydroxylation is 1. The quantitative estimate of drug-likeness (QED) is 0.326. The zero-order chi connectivity index (χ0) is 25.5. The Kier molecular flexibility index (Phi) is 9.28. The number of rotatable bonds is 10. The second kappa shape index (κ2) is 12.4. The largest absolute Gasteiger partial charge is 0.390 e. The second-order valence-electron chi connectivity index (χ2n) is 10.3. The Morgan fingerprint density at radius 1 is 0.861 bits per heavy atom. The first-order valence-corrected chi connectivity index (χ1v) is 14.8. The molecule has 1 atom stereocenters. The number of sulfonamides is 1. The second-order valence-corrected chi connectivity index (χ2v) is 12.2. The molecule has 198 valence electrons. The molecule has 2 saturated carbocycles. The molecule has 0 amide bonds. The molecule has 0 aliphatic heterocycles. The van der Waals surface area contributed by atoms with Crippen LogP contribution in [0.2, 0.25) is 0 Å². The van der Waals surface area contributed by atoms with E-state index in [1.807, 2.05) is 6.92 Å². The van der Waals surface area contributed by atoms with Crippen LogP contribution in [-0.2, 0) is 10.0 Å². The van der Waals surface area contributed by atoms with Crippen LogP contribution in [0.5, 0.6) is 5.75 Å². The van der Waals surface area contributed by atoms with Gasteiger partial charge in [0.15, 0.2) is 5.75 Å². The predicted molar refractivity (Wildman–Crippen MR) is 142 cm³/mol. The molecular formula is C28H40N2O5S. The van der Waals surface area contributed by atoms with E-state index < -0.39 is 16.1 Å². The summed E-state index contributed by atoms with van der Waals surface area (Å²) in [6.07, 6.45) is 11.0. The Balaban J connectivity index is 1.62. The third-order valence-corrected chi connectivity index (χ3v) is 9.52. The summed E-state index contributed by atoms with van der Waals surface area (Å²) in [5, 5.41) is 20.8. The Hall–Kier alpha value is -2.13. The van der Waals surface area contributed by atoms with E-state index in [0.717, 1.165) is 31.2 Å². The molecule has 0 radical (unpaired) electrons. The van der Waals surface area contributed by atoms with Crippen molar-refractivity contribution in [1.82, 2.24) is 4.90 Å². The zero-order valence-corrected chi connectivity index (χ0v) is 22.1. The molecule has 1 unspecified atom stereocenters. The fourth-order valence-electron chi connectivity index (χ4n) is 5.82. The third-order valence-electron chi connectivity index (χ3n) is 7.73. The summed E-state index contributed by atoms with van der Waals surface area (Å²) in [4.78, 5) is 7.14. The maximum atomic E-state index is 13.8. The van der Waals surface area contributed by atoms with Gasteiger partial charge in [-0.1, -0.05) is 68.4 Å². The van der Waals surface area contributed by atoms with E-state index in [-0.39, 0.29) is 22.9 Å². The van der Waals surface area contributed by atoms with Crippen molar-refractivity contribution in [2.24, 2.45) is 0 Å². The maximum absolute atomic E-state index is 13.8. The highest BCUT2D eigenvalue weighted by atomic mass is 32.2. The lowest BCUT2D eigenvalue weighted by atomic mass is 9.88. The summed E-state index contributed by atoms with van der Waals surface area (Å²) in [7, 11) is -4.02. The normalized spacial score (nSPS) is 18.8. The first-order chi connectivity index (χ1) is 17.4. The lowest BCUT2D eigenvalue weighted by Crippen LogP contribution is -2.51. The lowest BCUT2D eigenvalue weighted by molar-refractivity contribution is -0.137. The van der Waals surface area contributed by atoms with Crippen molar-refractivity contribution in [1.29, 1.82) is 0 Å². The molecule has 2 fully saturated rings. The van der Waals surface area contributed by atoms with Crippen molar-refractivity contribution in [3.8, 4) is 5.75 Å². The van der Waals surface area contributed by atoms with E-state index in [1.54, 1.807) is 42.5 Å². The van der Waals surface area contributed by atoms with Crippen molar-refractivity contribution in [2.75, 3.05) is 17.4 Å². The van der Waals surface area contributed by atoms with Crippen molar-refractivity contribution in [2.45, 2.75) is 94.2 Å². The van der Waals surface area contributed by atoms with E-state index in [2.05, 4.69) is 9.79 Å². The molecule has 0 saturated heterocycles. The summed E-state index contributed by atoms with van der Waals surface area (Å²) >= 11 is 0. The Labute approximate surface area is 215 Å². The summed E-state index contributed by atoms with van der Waals surface area (Å²) in [6, 6.07) is 14.0. The highest BCUT2D eigenvalue weighted by Gasteiger charge is 2.34. The smallest absolute Gasteiger partial charge is 0.264 e. The van der Waals surface area contributed by atoms with Crippen LogP contribution in [0.15, 0.2) is 53.4 Å². The summed E-state index contributed by atoms with van der Waals surface area (Å²) < 4.78 is 28.8. The SMILES string of the molecule is Cc1ccc(S(=O)(=O)N(CC(O)CN(C2CCCCC2)C2CCCCC2)c2ccccc2OO)cc1. The molecule has 8 heteroatoms. The van der Waals surface area contributed by atoms with Crippen LogP contribution in [0.25, 0.3) is 0 Å². The summed E-state index contributed by atoms with van der Waals surface area (Å²) in [5.41, 5.74) is 1.15. The molecule has 0 spiro atoms. The Morgan fingerprint density at radius 2 is 1.42 bits per heavy atom. The topological polar surface area (TPSA) is 90.3 Å². The van der Waals surface area contributed by atoms with Gasteiger partial charge in [0.2, 0.25) is 0 Å². The van der Waals surface area contributed by atoms with E-state index in [0.29, 0.717) is 18.6 Å². The molecule has 0 heterocycles. The average molecular weight is 517 g/mol. The fourth-order valence-corrected chi connectivity index (χ4v) is 7.33. The van der Waals surface area contributed by atoms with Gasteiger partial charge in [0.05, 0.1) is 23.2 Å². The number of nitrogens with zero attached hydrogens (tertiary/aromatic N) is 2. The van der Waals surface area contributed by atoms with E-state index in [9.17, 15) is 18.8 Å². The first-order valence-electron chi connectivity index (χ1n) is 13.3. The first kappa shape index (κ1) is 26.9. The Bertz CT molecular complexity index is 1050. The lowest BCUT2D eigenvalue weighted by Gasteiger charge is -2.43. The highest BCUT2D eigenvalue weighted by molar-refractivity contribution is 7.92. The van der Waals surface area contributed by atoms with E-state index in [1.165, 1.54) is 48.9 Å². The molecule has 36 heavy (non-hydrogen) atoms. The van der Waals surface area contributed by atoms with Gasteiger partial charge < -0.3 is 9.99 Å². The number of anilines is 1. The van der Waals surface area contributed by atoms with Gasteiger partial charge in [-0.05, 0) is 56.9 Å². The summed E-state index contributed by atoms with van der Waals surface area (Å²) in [6.45, 7) is 2.20. The molecule has 0 aromatic heterocycles. The van der Waals surface area contributed by atoms with Crippen LogP contribution >= 0.6 is 0 Å². The maximum Gasteiger partial charge on any atom is 0.264 e. The van der Waals surface area contributed by atoms with Gasteiger partial charge >= 0.3 is 0 Å². The van der Waals surface area contributed by atoms with Gasteiger partial charge in [-0.3, -0.25) is 9.21 Å². The number of hydrogen-bond donors (Lipinski definition) is 2. The number of aliphatic hydroxyl groups excluding tert-OH is 1. The molecule has 4 rings (SSSR count). The van der Waals surface area contributed by atoms with Crippen LogP contribution in [0.4, 0.5) is 5.69 Å². The zero-order valence-electron chi connectivity index (χ0n) is 21.3. The highest BCUT2D eigenvalue weighted by Crippen LogP contribution is 2.34. The van der Waals surface area contributed by atoms with Crippen LogP contribution in [-0.4, -0.2) is 55.0 Å². The van der Waals surface area contributed by atoms with E-state index >= 15 is 0 Å². The number of aliphatic hydroxyl groups is 1. The molecule has 2 aromatic carbocycles. The molecule has 2 aliphatic rings. The molecule has 0 bridgehead atoms. The Morgan fingerprint density at radius 3 is 1.97 bits per heavy atom. The average Bonchev–Trinajstić information content (AvgIpc) is 2.91. The van der Waals surface area contributed by atoms with Crippen molar-refractivity contribution < 1.29 is 23.7 Å². The fraction of sp³-hybridized carbons (Fsp3) is 0.571. The molecule has 2 aromatic rings.